The average Bonchev–Trinajstić information content (AvgIpc) is 2.31. The standard InChI is InChI=1S/C12H11F2N3/c1-7-16-11(6-12(15-2)17-7)9-5-8(13)3-4-10(9)14/h3-6H,1-2H3,(H,15,16,17). The smallest absolute Gasteiger partial charge is 0.132 e. The highest BCUT2D eigenvalue weighted by Crippen LogP contribution is 2.23. The summed E-state index contributed by atoms with van der Waals surface area (Å²) in [5, 5.41) is 2.84. The summed E-state index contributed by atoms with van der Waals surface area (Å²) in [7, 11) is 1.70. The third-order valence-corrected chi connectivity index (χ3v) is 2.30. The normalized spacial score (nSPS) is 10.4. The van der Waals surface area contributed by atoms with Crippen molar-refractivity contribution >= 4 is 5.82 Å². The number of anilines is 1. The summed E-state index contributed by atoms with van der Waals surface area (Å²) in [5.74, 6) is 0.0573. The van der Waals surface area contributed by atoms with Gasteiger partial charge >= 0.3 is 0 Å². The van der Waals surface area contributed by atoms with Gasteiger partial charge in [0.05, 0.1) is 5.69 Å². The Morgan fingerprint density at radius 3 is 2.59 bits per heavy atom. The first kappa shape index (κ1) is 11.4. The first-order valence-corrected chi connectivity index (χ1v) is 5.09. The van der Waals surface area contributed by atoms with Gasteiger partial charge < -0.3 is 5.32 Å². The van der Waals surface area contributed by atoms with E-state index >= 15 is 0 Å². The van der Waals surface area contributed by atoms with Crippen LogP contribution in [0, 0.1) is 18.6 Å². The minimum atomic E-state index is -0.508. The average molecular weight is 235 g/mol. The molecule has 0 fully saturated rings. The van der Waals surface area contributed by atoms with Crippen LogP contribution in [0.1, 0.15) is 5.82 Å². The van der Waals surface area contributed by atoms with Crippen LogP contribution >= 0.6 is 0 Å². The highest BCUT2D eigenvalue weighted by molar-refractivity contribution is 5.63. The molecule has 0 saturated carbocycles. The molecule has 5 heteroatoms. The van der Waals surface area contributed by atoms with Gasteiger partial charge in [-0.05, 0) is 25.1 Å². The summed E-state index contributed by atoms with van der Waals surface area (Å²) < 4.78 is 26.7. The molecule has 0 unspecified atom stereocenters. The summed E-state index contributed by atoms with van der Waals surface area (Å²) in [6.07, 6.45) is 0. The Bertz CT molecular complexity index is 555. The molecule has 1 aromatic carbocycles. The molecular formula is C12H11F2N3. The van der Waals surface area contributed by atoms with Crippen LogP contribution in [0.4, 0.5) is 14.6 Å². The van der Waals surface area contributed by atoms with Gasteiger partial charge in [-0.3, -0.25) is 0 Å². The zero-order valence-electron chi connectivity index (χ0n) is 9.46. The number of benzene rings is 1. The van der Waals surface area contributed by atoms with Crippen LogP contribution in [0.15, 0.2) is 24.3 Å². The molecular weight excluding hydrogens is 224 g/mol. The number of hydrogen-bond acceptors (Lipinski definition) is 3. The van der Waals surface area contributed by atoms with Crippen molar-refractivity contribution in [1.82, 2.24) is 9.97 Å². The van der Waals surface area contributed by atoms with Crippen LogP contribution in [0.25, 0.3) is 11.3 Å². The van der Waals surface area contributed by atoms with Crippen LogP contribution in [0.5, 0.6) is 0 Å². The molecule has 0 spiro atoms. The van der Waals surface area contributed by atoms with E-state index in [-0.39, 0.29) is 5.56 Å². The summed E-state index contributed by atoms with van der Waals surface area (Å²) in [6, 6.07) is 4.86. The highest BCUT2D eigenvalue weighted by atomic mass is 19.1. The SMILES string of the molecule is CNc1cc(-c2cc(F)ccc2F)nc(C)n1. The third kappa shape index (κ3) is 2.38. The van der Waals surface area contributed by atoms with Crippen molar-refractivity contribution in [2.24, 2.45) is 0 Å². The van der Waals surface area contributed by atoms with E-state index in [0.29, 0.717) is 17.3 Å². The van der Waals surface area contributed by atoms with Crippen molar-refractivity contribution in [3.8, 4) is 11.3 Å². The molecule has 3 nitrogen and oxygen atoms in total. The zero-order valence-corrected chi connectivity index (χ0v) is 9.46. The van der Waals surface area contributed by atoms with Crippen molar-refractivity contribution in [2.75, 3.05) is 12.4 Å². The quantitative estimate of drug-likeness (QED) is 0.869. The molecule has 0 bridgehead atoms. The van der Waals surface area contributed by atoms with Gasteiger partial charge in [-0.2, -0.15) is 0 Å². The summed E-state index contributed by atoms with van der Waals surface area (Å²) in [6.45, 7) is 1.70. The van der Waals surface area contributed by atoms with Gasteiger partial charge in [0.15, 0.2) is 0 Å². The summed E-state index contributed by atoms with van der Waals surface area (Å²) >= 11 is 0. The van der Waals surface area contributed by atoms with Crippen molar-refractivity contribution in [1.29, 1.82) is 0 Å². The van der Waals surface area contributed by atoms with Crippen LogP contribution in [-0.4, -0.2) is 17.0 Å². The van der Waals surface area contributed by atoms with E-state index in [4.69, 9.17) is 0 Å². The Kier molecular flexibility index (Phi) is 2.99. The van der Waals surface area contributed by atoms with E-state index in [2.05, 4.69) is 15.3 Å². The van der Waals surface area contributed by atoms with Gasteiger partial charge in [0, 0.05) is 18.7 Å². The van der Waals surface area contributed by atoms with Crippen molar-refractivity contribution in [3.05, 3.63) is 41.7 Å². The zero-order chi connectivity index (χ0) is 12.4. The van der Waals surface area contributed by atoms with Crippen LogP contribution in [-0.2, 0) is 0 Å². The summed E-state index contributed by atoms with van der Waals surface area (Å²) in [5.41, 5.74) is 0.492. The molecule has 0 aliphatic heterocycles. The molecule has 88 valence electrons. The van der Waals surface area contributed by atoms with Gasteiger partial charge in [-0.25, -0.2) is 18.7 Å². The van der Waals surface area contributed by atoms with Crippen LogP contribution < -0.4 is 5.32 Å². The topological polar surface area (TPSA) is 37.8 Å². The van der Waals surface area contributed by atoms with Crippen molar-refractivity contribution in [3.63, 3.8) is 0 Å². The molecule has 0 amide bonds. The molecule has 0 radical (unpaired) electrons. The van der Waals surface area contributed by atoms with Crippen LogP contribution in [0.3, 0.4) is 0 Å². The molecule has 0 atom stereocenters. The molecule has 2 aromatic rings. The second-order valence-corrected chi connectivity index (χ2v) is 3.56. The Hall–Kier alpha value is -2.04. The number of rotatable bonds is 2. The number of aryl methyl sites for hydroxylation is 1. The van der Waals surface area contributed by atoms with Gasteiger partial charge in [0.2, 0.25) is 0 Å². The lowest BCUT2D eigenvalue weighted by molar-refractivity contribution is 0.602. The fraction of sp³-hybridized carbons (Fsp3) is 0.167. The molecule has 17 heavy (non-hydrogen) atoms. The monoisotopic (exact) mass is 235 g/mol. The van der Waals surface area contributed by atoms with E-state index in [1.165, 1.54) is 0 Å². The van der Waals surface area contributed by atoms with E-state index in [1.54, 1.807) is 20.0 Å². The Morgan fingerprint density at radius 2 is 1.88 bits per heavy atom. The number of nitrogens with one attached hydrogen (secondary N) is 1. The number of hydrogen-bond donors (Lipinski definition) is 1. The first-order valence-electron chi connectivity index (χ1n) is 5.09. The predicted octanol–water partition coefficient (Wildman–Crippen LogP) is 2.77. The minimum absolute atomic E-state index is 0.131. The summed E-state index contributed by atoms with van der Waals surface area (Å²) in [4.78, 5) is 8.19. The molecule has 0 saturated heterocycles. The molecule has 0 aliphatic carbocycles. The predicted molar refractivity (Wildman–Crippen MR) is 61.7 cm³/mol. The molecule has 0 aliphatic rings. The second-order valence-electron chi connectivity index (χ2n) is 3.56. The minimum Gasteiger partial charge on any atom is -0.373 e. The third-order valence-electron chi connectivity index (χ3n) is 2.30. The van der Waals surface area contributed by atoms with E-state index in [9.17, 15) is 8.78 Å². The second kappa shape index (κ2) is 4.45. The Balaban J connectivity index is 2.59. The van der Waals surface area contributed by atoms with Gasteiger partial charge in [0.25, 0.3) is 0 Å². The molecule has 2 rings (SSSR count). The number of nitrogens with zero attached hydrogens (tertiary/aromatic N) is 2. The van der Waals surface area contributed by atoms with E-state index in [1.807, 2.05) is 0 Å². The molecule has 1 heterocycles. The fourth-order valence-electron chi connectivity index (χ4n) is 1.53. The maximum Gasteiger partial charge on any atom is 0.132 e. The molecule has 1 N–H and O–H groups in total. The largest absolute Gasteiger partial charge is 0.373 e. The van der Waals surface area contributed by atoms with Crippen molar-refractivity contribution < 1.29 is 8.78 Å². The fourth-order valence-corrected chi connectivity index (χ4v) is 1.53. The van der Waals surface area contributed by atoms with Gasteiger partial charge in [-0.15, -0.1) is 0 Å². The Labute approximate surface area is 97.5 Å². The van der Waals surface area contributed by atoms with E-state index in [0.717, 1.165) is 18.2 Å². The maximum absolute atomic E-state index is 13.6. The Morgan fingerprint density at radius 1 is 1.12 bits per heavy atom. The number of halogens is 2. The van der Waals surface area contributed by atoms with E-state index < -0.39 is 11.6 Å². The van der Waals surface area contributed by atoms with Gasteiger partial charge in [-0.1, -0.05) is 0 Å². The number of aromatic nitrogens is 2. The molecule has 1 aromatic heterocycles. The first-order chi connectivity index (χ1) is 8.10. The maximum atomic E-state index is 13.6. The lowest BCUT2D eigenvalue weighted by Crippen LogP contribution is -1.99. The van der Waals surface area contributed by atoms with Crippen molar-refractivity contribution in [2.45, 2.75) is 6.92 Å². The lowest BCUT2D eigenvalue weighted by atomic mass is 10.1. The lowest BCUT2D eigenvalue weighted by Gasteiger charge is -2.06. The highest BCUT2D eigenvalue weighted by Gasteiger charge is 2.10. The van der Waals surface area contributed by atoms with Gasteiger partial charge in [0.1, 0.15) is 23.3 Å². The van der Waals surface area contributed by atoms with Crippen LogP contribution in [0.2, 0.25) is 0 Å².